The summed E-state index contributed by atoms with van der Waals surface area (Å²) in [6, 6.07) is 23.7. The van der Waals surface area contributed by atoms with E-state index in [4.69, 9.17) is 4.74 Å². The number of carbonyl (C=O) groups excluding carboxylic acids is 1. The Labute approximate surface area is 159 Å². The second-order valence-electron chi connectivity index (χ2n) is 6.64. The standard InChI is InChI=1S/C23H22N2O2/c1-27-20-10-6-9-18(15-20)23(26)24-21-11-4-2-8-19(21)16-25-14-13-17-7-3-5-12-22(17)25/h2-12,15H,13-14,16H2,1H3,(H,24,26). The maximum Gasteiger partial charge on any atom is 0.255 e. The minimum Gasteiger partial charge on any atom is -0.497 e. The van der Waals surface area contributed by atoms with Gasteiger partial charge >= 0.3 is 0 Å². The molecule has 136 valence electrons. The summed E-state index contributed by atoms with van der Waals surface area (Å²) in [6.45, 7) is 1.77. The fourth-order valence-corrected chi connectivity index (χ4v) is 3.52. The molecule has 27 heavy (non-hydrogen) atoms. The van der Waals surface area contributed by atoms with E-state index in [1.54, 1.807) is 19.2 Å². The van der Waals surface area contributed by atoms with Crippen LogP contribution in [0.4, 0.5) is 11.4 Å². The molecule has 4 heteroatoms. The molecule has 0 atom stereocenters. The van der Waals surface area contributed by atoms with E-state index < -0.39 is 0 Å². The summed E-state index contributed by atoms with van der Waals surface area (Å²) in [5.41, 5.74) is 5.19. The lowest BCUT2D eigenvalue weighted by molar-refractivity contribution is 0.102. The summed E-state index contributed by atoms with van der Waals surface area (Å²) in [7, 11) is 1.60. The Morgan fingerprint density at radius 2 is 1.85 bits per heavy atom. The predicted octanol–water partition coefficient (Wildman–Crippen LogP) is 4.51. The van der Waals surface area contributed by atoms with Crippen LogP contribution in [0.2, 0.25) is 0 Å². The van der Waals surface area contributed by atoms with Gasteiger partial charge in [-0.25, -0.2) is 0 Å². The van der Waals surface area contributed by atoms with Crippen molar-refractivity contribution < 1.29 is 9.53 Å². The van der Waals surface area contributed by atoms with Gasteiger partial charge in [-0.15, -0.1) is 0 Å². The number of fused-ring (bicyclic) bond motifs is 1. The molecule has 0 bridgehead atoms. The van der Waals surface area contributed by atoms with Crippen LogP contribution < -0.4 is 15.0 Å². The summed E-state index contributed by atoms with van der Waals surface area (Å²) in [5.74, 6) is 0.535. The number of nitrogens with zero attached hydrogens (tertiary/aromatic N) is 1. The largest absolute Gasteiger partial charge is 0.497 e. The van der Waals surface area contributed by atoms with Crippen LogP contribution in [0.5, 0.6) is 5.75 Å². The third kappa shape index (κ3) is 3.65. The monoisotopic (exact) mass is 358 g/mol. The van der Waals surface area contributed by atoms with Crippen LogP contribution in [-0.4, -0.2) is 19.6 Å². The molecule has 1 amide bonds. The molecule has 1 aliphatic rings. The number of hydrogen-bond donors (Lipinski definition) is 1. The van der Waals surface area contributed by atoms with Crippen molar-refractivity contribution in [2.75, 3.05) is 23.9 Å². The molecule has 0 aliphatic carbocycles. The van der Waals surface area contributed by atoms with Crippen LogP contribution in [0.1, 0.15) is 21.5 Å². The van der Waals surface area contributed by atoms with Gasteiger partial charge in [-0.1, -0.05) is 42.5 Å². The van der Waals surface area contributed by atoms with Crippen LogP contribution in [-0.2, 0) is 13.0 Å². The number of anilines is 2. The number of carbonyl (C=O) groups is 1. The van der Waals surface area contributed by atoms with Crippen LogP contribution >= 0.6 is 0 Å². The van der Waals surface area contributed by atoms with Gasteiger partial charge in [0.2, 0.25) is 0 Å². The Morgan fingerprint density at radius 3 is 2.74 bits per heavy atom. The Kier molecular flexibility index (Phi) is 4.79. The Morgan fingerprint density at radius 1 is 1.04 bits per heavy atom. The van der Waals surface area contributed by atoms with Gasteiger partial charge in [-0.3, -0.25) is 4.79 Å². The summed E-state index contributed by atoms with van der Waals surface area (Å²) in [5, 5.41) is 3.05. The van der Waals surface area contributed by atoms with Crippen LogP contribution in [0.3, 0.4) is 0 Å². The molecule has 3 aromatic rings. The van der Waals surface area contributed by atoms with Crippen molar-refractivity contribution in [3.8, 4) is 5.75 Å². The molecular weight excluding hydrogens is 336 g/mol. The highest BCUT2D eigenvalue weighted by atomic mass is 16.5. The molecule has 0 saturated heterocycles. The minimum absolute atomic E-state index is 0.136. The fourth-order valence-electron chi connectivity index (χ4n) is 3.52. The van der Waals surface area contributed by atoms with Crippen molar-refractivity contribution >= 4 is 17.3 Å². The first-order valence-electron chi connectivity index (χ1n) is 9.11. The lowest BCUT2D eigenvalue weighted by atomic mass is 10.1. The van der Waals surface area contributed by atoms with Crippen molar-refractivity contribution in [1.82, 2.24) is 0 Å². The molecule has 4 nitrogen and oxygen atoms in total. The second kappa shape index (κ2) is 7.54. The quantitative estimate of drug-likeness (QED) is 0.730. The third-order valence-electron chi connectivity index (χ3n) is 4.94. The number of para-hydroxylation sites is 2. The average Bonchev–Trinajstić information content (AvgIpc) is 3.12. The Balaban J connectivity index is 1.54. The fraction of sp³-hybridized carbons (Fsp3) is 0.174. The van der Waals surface area contributed by atoms with E-state index in [-0.39, 0.29) is 5.91 Å². The number of rotatable bonds is 5. The highest BCUT2D eigenvalue weighted by Crippen LogP contribution is 2.30. The second-order valence-corrected chi connectivity index (χ2v) is 6.64. The number of amides is 1. The van der Waals surface area contributed by atoms with E-state index in [1.165, 1.54) is 11.3 Å². The first-order chi connectivity index (χ1) is 13.2. The van der Waals surface area contributed by atoms with E-state index >= 15 is 0 Å². The van der Waals surface area contributed by atoms with Gasteiger partial charge < -0.3 is 15.0 Å². The van der Waals surface area contributed by atoms with Gasteiger partial charge in [0.25, 0.3) is 5.91 Å². The van der Waals surface area contributed by atoms with Gasteiger partial charge in [0, 0.05) is 30.0 Å². The highest BCUT2D eigenvalue weighted by Gasteiger charge is 2.19. The van der Waals surface area contributed by atoms with E-state index in [1.807, 2.05) is 30.3 Å². The van der Waals surface area contributed by atoms with Gasteiger partial charge in [0.05, 0.1) is 7.11 Å². The van der Waals surface area contributed by atoms with E-state index in [0.29, 0.717) is 11.3 Å². The van der Waals surface area contributed by atoms with Crippen molar-refractivity contribution in [3.63, 3.8) is 0 Å². The number of hydrogen-bond acceptors (Lipinski definition) is 3. The highest BCUT2D eigenvalue weighted by molar-refractivity contribution is 6.04. The van der Waals surface area contributed by atoms with Crippen molar-refractivity contribution in [3.05, 3.63) is 89.5 Å². The first kappa shape index (κ1) is 17.2. The first-order valence-corrected chi connectivity index (χ1v) is 9.11. The maximum atomic E-state index is 12.7. The SMILES string of the molecule is COc1cccc(C(=O)Nc2ccccc2CN2CCc3ccccc32)c1. The van der Waals surface area contributed by atoms with Gasteiger partial charge in [0.1, 0.15) is 5.75 Å². The molecule has 1 N–H and O–H groups in total. The minimum atomic E-state index is -0.136. The molecule has 0 saturated carbocycles. The van der Waals surface area contributed by atoms with Crippen LogP contribution in [0.15, 0.2) is 72.8 Å². The lowest BCUT2D eigenvalue weighted by Gasteiger charge is -2.21. The van der Waals surface area contributed by atoms with E-state index in [9.17, 15) is 4.79 Å². The topological polar surface area (TPSA) is 41.6 Å². The van der Waals surface area contributed by atoms with E-state index in [0.717, 1.165) is 30.8 Å². The zero-order chi connectivity index (χ0) is 18.6. The van der Waals surface area contributed by atoms with Gasteiger partial charge in [-0.05, 0) is 47.9 Å². The summed E-state index contributed by atoms with van der Waals surface area (Å²) in [6.07, 6.45) is 1.06. The van der Waals surface area contributed by atoms with Crippen LogP contribution in [0, 0.1) is 0 Å². The smallest absolute Gasteiger partial charge is 0.255 e. The van der Waals surface area contributed by atoms with Crippen LogP contribution in [0.25, 0.3) is 0 Å². The average molecular weight is 358 g/mol. The molecule has 0 spiro atoms. The lowest BCUT2D eigenvalue weighted by Crippen LogP contribution is -2.21. The zero-order valence-electron chi connectivity index (χ0n) is 15.3. The molecule has 3 aromatic carbocycles. The van der Waals surface area contributed by atoms with Crippen molar-refractivity contribution in [1.29, 1.82) is 0 Å². The number of nitrogens with one attached hydrogen (secondary N) is 1. The molecule has 0 aromatic heterocycles. The Hall–Kier alpha value is -3.27. The normalized spacial score (nSPS) is 12.6. The molecule has 1 heterocycles. The molecule has 0 unspecified atom stereocenters. The molecule has 0 radical (unpaired) electrons. The van der Waals surface area contributed by atoms with E-state index in [2.05, 4.69) is 40.5 Å². The van der Waals surface area contributed by atoms with Crippen molar-refractivity contribution in [2.45, 2.75) is 13.0 Å². The predicted molar refractivity (Wildman–Crippen MR) is 109 cm³/mol. The number of benzene rings is 3. The molecule has 0 fully saturated rings. The van der Waals surface area contributed by atoms with Gasteiger partial charge in [0.15, 0.2) is 0 Å². The Bertz CT molecular complexity index is 968. The third-order valence-corrected chi connectivity index (χ3v) is 4.94. The summed E-state index contributed by atoms with van der Waals surface area (Å²) >= 11 is 0. The maximum absolute atomic E-state index is 12.7. The molecular formula is C23H22N2O2. The van der Waals surface area contributed by atoms with Crippen molar-refractivity contribution in [2.24, 2.45) is 0 Å². The van der Waals surface area contributed by atoms with Gasteiger partial charge in [-0.2, -0.15) is 0 Å². The number of ether oxygens (including phenoxy) is 1. The number of methoxy groups -OCH3 is 1. The molecule has 1 aliphatic heterocycles. The zero-order valence-corrected chi connectivity index (χ0v) is 15.3. The summed E-state index contributed by atoms with van der Waals surface area (Å²) < 4.78 is 5.21. The molecule has 4 rings (SSSR count). The summed E-state index contributed by atoms with van der Waals surface area (Å²) in [4.78, 5) is 15.1.